The van der Waals surface area contributed by atoms with Crippen LogP contribution < -0.4 is 5.32 Å². The largest absolute Gasteiger partial charge is 0.467 e. The zero-order valence-corrected chi connectivity index (χ0v) is 19.9. The van der Waals surface area contributed by atoms with Crippen molar-refractivity contribution in [3.8, 4) is 0 Å². The van der Waals surface area contributed by atoms with Crippen LogP contribution in [0, 0.1) is 0 Å². The van der Waals surface area contributed by atoms with E-state index in [1.165, 1.54) is 0 Å². The topological polar surface area (TPSA) is 62.6 Å². The highest BCUT2D eigenvalue weighted by Crippen LogP contribution is 2.40. The Morgan fingerprint density at radius 3 is 2.50 bits per heavy atom. The number of amides is 2. The maximum absolute atomic E-state index is 13.0. The molecule has 34 heavy (non-hydrogen) atoms. The summed E-state index contributed by atoms with van der Waals surface area (Å²) in [5.41, 5.74) is 2.32. The SMILES string of the molecule is O=C(Nc1ccccc1Sc1ccccc1)c1ccc([C@@H]2SCC(=O)N2Cc2ccco2)cc1. The van der Waals surface area contributed by atoms with Crippen LogP contribution in [0.25, 0.3) is 0 Å². The molecule has 1 aromatic heterocycles. The summed E-state index contributed by atoms with van der Waals surface area (Å²) in [4.78, 5) is 29.3. The predicted octanol–water partition coefficient (Wildman–Crippen LogP) is 6.46. The monoisotopic (exact) mass is 486 g/mol. The van der Waals surface area contributed by atoms with E-state index in [0.717, 1.165) is 26.8 Å². The maximum atomic E-state index is 13.0. The number of carbonyl (C=O) groups is 2. The van der Waals surface area contributed by atoms with Gasteiger partial charge in [0.15, 0.2) is 0 Å². The number of nitrogens with zero attached hydrogens (tertiary/aromatic N) is 1. The van der Waals surface area contributed by atoms with E-state index in [9.17, 15) is 9.59 Å². The molecule has 5 nitrogen and oxygen atoms in total. The highest BCUT2D eigenvalue weighted by atomic mass is 32.2. The standard InChI is InChI=1S/C27H22N2O3S2/c30-25-18-33-27(29(25)17-21-7-6-16-32-21)20-14-12-19(13-15-20)26(31)28-23-10-4-5-11-24(23)34-22-8-2-1-3-9-22/h1-16,27H,17-18H2,(H,28,31)/t27-/m0/s1. The molecule has 1 atom stereocenters. The summed E-state index contributed by atoms with van der Waals surface area (Å²) in [6, 6.07) is 29.0. The average Bonchev–Trinajstić information content (AvgIpc) is 3.51. The Hall–Kier alpha value is -3.42. The highest BCUT2D eigenvalue weighted by Gasteiger charge is 2.33. The van der Waals surface area contributed by atoms with Crippen molar-refractivity contribution in [1.29, 1.82) is 0 Å². The smallest absolute Gasteiger partial charge is 0.255 e. The minimum Gasteiger partial charge on any atom is -0.467 e. The van der Waals surface area contributed by atoms with Crippen LogP contribution in [-0.2, 0) is 11.3 Å². The van der Waals surface area contributed by atoms with Crippen molar-refractivity contribution in [2.45, 2.75) is 21.7 Å². The summed E-state index contributed by atoms with van der Waals surface area (Å²) in [5, 5.41) is 2.94. The summed E-state index contributed by atoms with van der Waals surface area (Å²) in [7, 11) is 0. The molecule has 1 saturated heterocycles. The lowest BCUT2D eigenvalue weighted by Crippen LogP contribution is -2.27. The molecular weight excluding hydrogens is 464 g/mol. The van der Waals surface area contributed by atoms with Gasteiger partial charge in [-0.2, -0.15) is 0 Å². The Balaban J connectivity index is 1.29. The Kier molecular flexibility index (Phi) is 6.74. The van der Waals surface area contributed by atoms with Gasteiger partial charge in [0.25, 0.3) is 5.91 Å². The van der Waals surface area contributed by atoms with Gasteiger partial charge in [-0.25, -0.2) is 0 Å². The van der Waals surface area contributed by atoms with Crippen LogP contribution in [0.1, 0.15) is 27.1 Å². The molecule has 2 amide bonds. The van der Waals surface area contributed by atoms with Gasteiger partial charge in [0.05, 0.1) is 24.2 Å². The molecule has 0 saturated carbocycles. The first-order valence-electron chi connectivity index (χ1n) is 10.8. The molecule has 5 rings (SSSR count). The molecule has 1 fully saturated rings. The second-order valence-corrected chi connectivity index (χ2v) is 9.94. The fourth-order valence-corrected chi connectivity index (χ4v) is 5.85. The third-order valence-corrected chi connectivity index (χ3v) is 7.78. The number of benzene rings is 3. The first-order chi connectivity index (χ1) is 16.7. The summed E-state index contributed by atoms with van der Waals surface area (Å²) in [6.07, 6.45) is 1.61. The van der Waals surface area contributed by atoms with Crippen LogP contribution in [0.5, 0.6) is 0 Å². The van der Waals surface area contributed by atoms with Gasteiger partial charge in [-0.3, -0.25) is 9.59 Å². The van der Waals surface area contributed by atoms with E-state index >= 15 is 0 Å². The van der Waals surface area contributed by atoms with Crippen molar-refractivity contribution in [3.05, 3.63) is 114 Å². The van der Waals surface area contributed by atoms with Crippen LogP contribution in [-0.4, -0.2) is 22.5 Å². The maximum Gasteiger partial charge on any atom is 0.255 e. The third kappa shape index (κ3) is 5.05. The lowest BCUT2D eigenvalue weighted by atomic mass is 10.1. The number of nitrogens with one attached hydrogen (secondary N) is 1. The molecule has 1 aliphatic rings. The van der Waals surface area contributed by atoms with Gasteiger partial charge in [0, 0.05) is 15.4 Å². The summed E-state index contributed by atoms with van der Waals surface area (Å²) < 4.78 is 5.42. The van der Waals surface area contributed by atoms with E-state index < -0.39 is 0 Å². The quantitative estimate of drug-likeness (QED) is 0.325. The van der Waals surface area contributed by atoms with E-state index in [2.05, 4.69) is 5.32 Å². The van der Waals surface area contributed by atoms with Crippen LogP contribution in [0.15, 0.2) is 111 Å². The number of hydrogen-bond donors (Lipinski definition) is 1. The van der Waals surface area contributed by atoms with E-state index in [-0.39, 0.29) is 17.2 Å². The normalized spacial score (nSPS) is 15.5. The number of carbonyl (C=O) groups excluding carboxylic acids is 2. The van der Waals surface area contributed by atoms with Crippen LogP contribution in [0.3, 0.4) is 0 Å². The highest BCUT2D eigenvalue weighted by molar-refractivity contribution is 8.00. The lowest BCUT2D eigenvalue weighted by Gasteiger charge is -2.23. The number of anilines is 1. The molecule has 7 heteroatoms. The Morgan fingerprint density at radius 1 is 0.971 bits per heavy atom. The average molecular weight is 487 g/mol. The molecular formula is C27H22N2O3S2. The first kappa shape index (κ1) is 22.4. The molecule has 0 aliphatic carbocycles. The lowest BCUT2D eigenvalue weighted by molar-refractivity contribution is -0.128. The molecule has 0 radical (unpaired) electrons. The molecule has 4 aromatic rings. The van der Waals surface area contributed by atoms with Gasteiger partial charge < -0.3 is 14.6 Å². The van der Waals surface area contributed by atoms with E-state index in [1.54, 1.807) is 29.8 Å². The number of rotatable bonds is 7. The van der Waals surface area contributed by atoms with E-state index in [4.69, 9.17) is 4.42 Å². The molecule has 2 heterocycles. The summed E-state index contributed by atoms with van der Waals surface area (Å²) in [5.74, 6) is 1.10. The minimum absolute atomic E-state index is 0.0840. The van der Waals surface area contributed by atoms with Gasteiger partial charge in [-0.05, 0) is 54.1 Å². The van der Waals surface area contributed by atoms with Crippen LogP contribution in [0.2, 0.25) is 0 Å². The zero-order chi connectivity index (χ0) is 23.3. The number of para-hydroxylation sites is 1. The van der Waals surface area contributed by atoms with Gasteiger partial charge in [-0.1, -0.05) is 54.2 Å². The van der Waals surface area contributed by atoms with Crippen molar-refractivity contribution in [2.75, 3.05) is 11.1 Å². The second-order valence-electron chi connectivity index (χ2n) is 7.75. The van der Waals surface area contributed by atoms with E-state index in [1.807, 2.05) is 95.9 Å². The molecule has 1 N–H and O–H groups in total. The molecule has 0 spiro atoms. The molecule has 0 unspecified atom stereocenters. The second kappa shape index (κ2) is 10.2. The molecule has 0 bridgehead atoms. The van der Waals surface area contributed by atoms with E-state index in [0.29, 0.717) is 17.9 Å². The Labute approximate surface area is 206 Å². The Morgan fingerprint density at radius 2 is 1.74 bits per heavy atom. The fourth-order valence-electron chi connectivity index (χ4n) is 3.74. The van der Waals surface area contributed by atoms with Crippen molar-refractivity contribution < 1.29 is 14.0 Å². The van der Waals surface area contributed by atoms with Crippen molar-refractivity contribution in [2.24, 2.45) is 0 Å². The molecule has 3 aromatic carbocycles. The molecule has 170 valence electrons. The summed E-state index contributed by atoms with van der Waals surface area (Å²) in [6.45, 7) is 0.432. The fraction of sp³-hybridized carbons (Fsp3) is 0.111. The summed E-state index contributed by atoms with van der Waals surface area (Å²) >= 11 is 3.19. The van der Waals surface area contributed by atoms with Crippen molar-refractivity contribution >= 4 is 41.0 Å². The van der Waals surface area contributed by atoms with Gasteiger partial charge >= 0.3 is 0 Å². The Bertz CT molecular complexity index is 1280. The number of thioether (sulfide) groups is 1. The van der Waals surface area contributed by atoms with Gasteiger partial charge in [-0.15, -0.1) is 11.8 Å². The molecule has 1 aliphatic heterocycles. The predicted molar refractivity (Wildman–Crippen MR) is 136 cm³/mol. The van der Waals surface area contributed by atoms with Crippen LogP contribution >= 0.6 is 23.5 Å². The number of hydrogen-bond acceptors (Lipinski definition) is 5. The first-order valence-corrected chi connectivity index (χ1v) is 12.7. The zero-order valence-electron chi connectivity index (χ0n) is 18.2. The third-order valence-electron chi connectivity index (χ3n) is 5.44. The van der Waals surface area contributed by atoms with Gasteiger partial charge in [0.2, 0.25) is 5.91 Å². The minimum atomic E-state index is -0.171. The van der Waals surface area contributed by atoms with Gasteiger partial charge in [0.1, 0.15) is 11.1 Å². The van der Waals surface area contributed by atoms with Crippen molar-refractivity contribution in [3.63, 3.8) is 0 Å². The van der Waals surface area contributed by atoms with Crippen molar-refractivity contribution in [1.82, 2.24) is 4.90 Å². The van der Waals surface area contributed by atoms with Crippen LogP contribution in [0.4, 0.5) is 5.69 Å². The number of furan rings is 1.